The standard InChI is InChI=1S/C13H23NO5/c1-13(2,3)19-12(17)14-6-4-10(5-7-14)8-18-9-11(15)16/h10H,4-9H2,1-3H3,(H,15,16). The molecule has 1 heterocycles. The first-order valence-corrected chi connectivity index (χ1v) is 6.55. The number of aliphatic carboxylic acids is 1. The minimum absolute atomic E-state index is 0.258. The van der Waals surface area contributed by atoms with Crippen LogP contribution in [-0.2, 0) is 14.3 Å². The number of amides is 1. The Morgan fingerprint density at radius 2 is 1.84 bits per heavy atom. The largest absolute Gasteiger partial charge is 0.480 e. The molecular formula is C13H23NO5. The maximum absolute atomic E-state index is 11.8. The van der Waals surface area contributed by atoms with Crippen LogP contribution in [0.25, 0.3) is 0 Å². The Kier molecular flexibility index (Phi) is 5.60. The molecule has 1 rings (SSSR count). The van der Waals surface area contributed by atoms with Crippen molar-refractivity contribution in [2.45, 2.75) is 39.2 Å². The topological polar surface area (TPSA) is 76.1 Å². The van der Waals surface area contributed by atoms with E-state index in [1.165, 1.54) is 0 Å². The van der Waals surface area contributed by atoms with Crippen molar-refractivity contribution in [1.82, 2.24) is 4.90 Å². The quantitative estimate of drug-likeness (QED) is 0.844. The van der Waals surface area contributed by atoms with Crippen molar-refractivity contribution in [1.29, 1.82) is 0 Å². The number of carboxylic acid groups (broad SMARTS) is 1. The first-order chi connectivity index (χ1) is 8.78. The lowest BCUT2D eigenvalue weighted by atomic mass is 9.98. The summed E-state index contributed by atoms with van der Waals surface area (Å²) in [5, 5.41) is 8.47. The van der Waals surface area contributed by atoms with E-state index in [0.29, 0.717) is 25.6 Å². The van der Waals surface area contributed by atoms with Gasteiger partial charge in [0.05, 0.1) is 6.61 Å². The molecule has 0 bridgehead atoms. The van der Waals surface area contributed by atoms with Gasteiger partial charge in [0.25, 0.3) is 0 Å². The average molecular weight is 273 g/mol. The number of nitrogens with zero attached hydrogens (tertiary/aromatic N) is 1. The van der Waals surface area contributed by atoms with Gasteiger partial charge in [0.1, 0.15) is 12.2 Å². The van der Waals surface area contributed by atoms with Crippen molar-refractivity contribution >= 4 is 12.1 Å². The van der Waals surface area contributed by atoms with Crippen LogP contribution in [0.2, 0.25) is 0 Å². The molecule has 0 radical (unpaired) electrons. The van der Waals surface area contributed by atoms with Crippen LogP contribution < -0.4 is 0 Å². The molecule has 19 heavy (non-hydrogen) atoms. The lowest BCUT2D eigenvalue weighted by Gasteiger charge is -2.33. The molecule has 1 aliphatic rings. The fourth-order valence-corrected chi connectivity index (χ4v) is 1.92. The Morgan fingerprint density at radius 3 is 2.32 bits per heavy atom. The van der Waals surface area contributed by atoms with E-state index < -0.39 is 11.6 Å². The Balaban J connectivity index is 2.25. The Hall–Kier alpha value is -1.30. The van der Waals surface area contributed by atoms with Crippen molar-refractivity contribution in [3.05, 3.63) is 0 Å². The van der Waals surface area contributed by atoms with Gasteiger partial charge < -0.3 is 19.5 Å². The third-order valence-electron chi connectivity index (χ3n) is 2.85. The molecule has 1 amide bonds. The number of likely N-dealkylation sites (tertiary alicyclic amines) is 1. The number of hydrogen-bond donors (Lipinski definition) is 1. The van der Waals surface area contributed by atoms with Gasteiger partial charge in [0.2, 0.25) is 0 Å². The second-order valence-electron chi connectivity index (χ2n) is 5.82. The van der Waals surface area contributed by atoms with Gasteiger partial charge in [-0.25, -0.2) is 9.59 Å². The predicted octanol–water partition coefficient (Wildman–Crippen LogP) is 1.73. The van der Waals surface area contributed by atoms with Crippen LogP contribution in [0.1, 0.15) is 33.6 Å². The van der Waals surface area contributed by atoms with Gasteiger partial charge in [0, 0.05) is 13.1 Å². The van der Waals surface area contributed by atoms with E-state index in [2.05, 4.69) is 0 Å². The highest BCUT2D eigenvalue weighted by Crippen LogP contribution is 2.19. The van der Waals surface area contributed by atoms with Gasteiger partial charge in [-0.1, -0.05) is 0 Å². The van der Waals surface area contributed by atoms with Crippen LogP contribution >= 0.6 is 0 Å². The summed E-state index contributed by atoms with van der Waals surface area (Å²) in [5.74, 6) is -0.635. The Labute approximate surface area is 113 Å². The highest BCUT2D eigenvalue weighted by Gasteiger charge is 2.26. The molecule has 0 aliphatic carbocycles. The summed E-state index contributed by atoms with van der Waals surface area (Å²) in [4.78, 5) is 23.8. The molecule has 1 aliphatic heterocycles. The number of carboxylic acids is 1. The molecular weight excluding hydrogens is 250 g/mol. The maximum atomic E-state index is 11.8. The fraction of sp³-hybridized carbons (Fsp3) is 0.846. The molecule has 0 aromatic heterocycles. The lowest BCUT2D eigenvalue weighted by Crippen LogP contribution is -2.42. The summed E-state index contributed by atoms with van der Waals surface area (Å²) in [5.41, 5.74) is -0.474. The van der Waals surface area contributed by atoms with E-state index >= 15 is 0 Å². The zero-order valence-corrected chi connectivity index (χ0v) is 11.8. The summed E-state index contributed by atoms with van der Waals surface area (Å²) in [6.45, 7) is 6.99. The fourth-order valence-electron chi connectivity index (χ4n) is 1.92. The summed E-state index contributed by atoms with van der Waals surface area (Å²) < 4.78 is 10.4. The molecule has 110 valence electrons. The molecule has 6 heteroatoms. The highest BCUT2D eigenvalue weighted by molar-refractivity contribution is 5.68. The van der Waals surface area contributed by atoms with Crippen molar-refractivity contribution in [3.63, 3.8) is 0 Å². The number of piperidine rings is 1. The minimum Gasteiger partial charge on any atom is -0.480 e. The van der Waals surface area contributed by atoms with Gasteiger partial charge >= 0.3 is 12.1 Å². The molecule has 0 aromatic rings. The third kappa shape index (κ3) is 6.42. The molecule has 1 fully saturated rings. The normalized spacial score (nSPS) is 17.3. The molecule has 0 unspecified atom stereocenters. The van der Waals surface area contributed by atoms with E-state index in [0.717, 1.165) is 12.8 Å². The average Bonchev–Trinajstić information content (AvgIpc) is 2.27. The molecule has 6 nitrogen and oxygen atoms in total. The van der Waals surface area contributed by atoms with Crippen molar-refractivity contribution in [2.75, 3.05) is 26.3 Å². The monoisotopic (exact) mass is 273 g/mol. The van der Waals surface area contributed by atoms with Gasteiger partial charge in [0.15, 0.2) is 0 Å². The molecule has 0 aromatic carbocycles. The lowest BCUT2D eigenvalue weighted by molar-refractivity contribution is -0.142. The van der Waals surface area contributed by atoms with Crippen LogP contribution in [-0.4, -0.2) is 54.0 Å². The van der Waals surface area contributed by atoms with E-state index in [-0.39, 0.29) is 12.7 Å². The number of hydrogen-bond acceptors (Lipinski definition) is 4. The van der Waals surface area contributed by atoms with E-state index in [1.54, 1.807) is 4.90 Å². The number of ether oxygens (including phenoxy) is 2. The first kappa shape index (κ1) is 15.8. The van der Waals surface area contributed by atoms with Crippen molar-refractivity contribution in [3.8, 4) is 0 Å². The summed E-state index contributed by atoms with van der Waals surface area (Å²) >= 11 is 0. The first-order valence-electron chi connectivity index (χ1n) is 6.55. The van der Waals surface area contributed by atoms with E-state index in [9.17, 15) is 9.59 Å². The molecule has 0 spiro atoms. The summed E-state index contributed by atoms with van der Waals surface area (Å²) in [7, 11) is 0. The summed E-state index contributed by atoms with van der Waals surface area (Å²) in [6.07, 6.45) is 1.36. The predicted molar refractivity (Wildman–Crippen MR) is 69.0 cm³/mol. The van der Waals surface area contributed by atoms with E-state index in [1.807, 2.05) is 20.8 Å². The van der Waals surface area contributed by atoms with Gasteiger partial charge in [-0.05, 0) is 39.5 Å². The minimum atomic E-state index is -0.953. The second kappa shape index (κ2) is 6.75. The second-order valence-corrected chi connectivity index (χ2v) is 5.82. The molecule has 0 atom stereocenters. The summed E-state index contributed by atoms with van der Waals surface area (Å²) in [6, 6.07) is 0. The smallest absolute Gasteiger partial charge is 0.410 e. The van der Waals surface area contributed by atoms with Crippen LogP contribution in [0.4, 0.5) is 4.79 Å². The SMILES string of the molecule is CC(C)(C)OC(=O)N1CCC(COCC(=O)O)CC1. The molecule has 0 saturated carbocycles. The third-order valence-corrected chi connectivity index (χ3v) is 2.85. The Bertz CT molecular complexity index is 315. The Morgan fingerprint density at radius 1 is 1.26 bits per heavy atom. The molecule has 1 N–H and O–H groups in total. The number of carbonyl (C=O) groups is 2. The van der Waals surface area contributed by atoms with Crippen LogP contribution in [0.3, 0.4) is 0 Å². The van der Waals surface area contributed by atoms with E-state index in [4.69, 9.17) is 14.6 Å². The van der Waals surface area contributed by atoms with Crippen molar-refractivity contribution in [2.24, 2.45) is 5.92 Å². The van der Waals surface area contributed by atoms with Gasteiger partial charge in [-0.15, -0.1) is 0 Å². The van der Waals surface area contributed by atoms with Gasteiger partial charge in [-0.3, -0.25) is 0 Å². The maximum Gasteiger partial charge on any atom is 0.410 e. The molecule has 1 saturated heterocycles. The zero-order chi connectivity index (χ0) is 14.5. The van der Waals surface area contributed by atoms with Gasteiger partial charge in [-0.2, -0.15) is 0 Å². The number of rotatable bonds is 4. The van der Waals surface area contributed by atoms with Crippen LogP contribution in [0.5, 0.6) is 0 Å². The van der Waals surface area contributed by atoms with Crippen molar-refractivity contribution < 1.29 is 24.2 Å². The number of carbonyl (C=O) groups excluding carboxylic acids is 1. The zero-order valence-electron chi connectivity index (χ0n) is 11.8. The highest BCUT2D eigenvalue weighted by atomic mass is 16.6. The van der Waals surface area contributed by atoms with Crippen LogP contribution in [0.15, 0.2) is 0 Å². The van der Waals surface area contributed by atoms with Crippen LogP contribution in [0, 0.1) is 5.92 Å².